The summed E-state index contributed by atoms with van der Waals surface area (Å²) in [6, 6.07) is 19.2. The molecule has 0 bridgehead atoms. The number of hydrogen-bond donors (Lipinski definition) is 1. The van der Waals surface area contributed by atoms with Crippen molar-refractivity contribution < 1.29 is 5.11 Å². The Morgan fingerprint density at radius 1 is 0.957 bits per heavy atom. The molecule has 2 atom stereocenters. The summed E-state index contributed by atoms with van der Waals surface area (Å²) < 4.78 is 1.71. The van der Waals surface area contributed by atoms with Crippen LogP contribution in [0.3, 0.4) is 0 Å². The number of fused-ring (bicyclic) bond motifs is 1. The van der Waals surface area contributed by atoms with Gasteiger partial charge in [-0.05, 0) is 18.1 Å². The van der Waals surface area contributed by atoms with E-state index in [0.717, 1.165) is 11.1 Å². The Bertz CT molecular complexity index is 855. The molecule has 0 fully saturated rings. The van der Waals surface area contributed by atoms with Crippen molar-refractivity contribution in [2.45, 2.75) is 19.1 Å². The zero-order valence-electron chi connectivity index (χ0n) is 12.7. The topological polar surface area (TPSA) is 63.3 Å². The Morgan fingerprint density at radius 3 is 2.30 bits per heavy atom. The van der Waals surface area contributed by atoms with Gasteiger partial charge in [0.05, 0.1) is 5.71 Å². The average molecular weight is 304 g/mol. The fourth-order valence-electron chi connectivity index (χ4n) is 2.96. The van der Waals surface area contributed by atoms with E-state index in [1.807, 2.05) is 67.6 Å². The molecule has 0 saturated heterocycles. The molecule has 4 rings (SSSR count). The monoisotopic (exact) mass is 304 g/mol. The predicted octanol–water partition coefficient (Wildman–Crippen LogP) is 2.67. The number of aliphatic hydroxyl groups excluding tert-OH is 1. The van der Waals surface area contributed by atoms with Crippen LogP contribution >= 0.6 is 0 Å². The highest BCUT2D eigenvalue weighted by molar-refractivity contribution is 6.05. The molecule has 0 amide bonds. The van der Waals surface area contributed by atoms with Gasteiger partial charge in [0.25, 0.3) is 0 Å². The van der Waals surface area contributed by atoms with Gasteiger partial charge in [-0.15, -0.1) is 0 Å². The lowest BCUT2D eigenvalue weighted by atomic mass is 9.93. The number of benzene rings is 2. The summed E-state index contributed by atoms with van der Waals surface area (Å²) in [5.41, 5.74) is 2.50. The lowest BCUT2D eigenvalue weighted by molar-refractivity contribution is 0.183. The van der Waals surface area contributed by atoms with Crippen LogP contribution in [0, 0.1) is 6.92 Å². The molecule has 23 heavy (non-hydrogen) atoms. The van der Waals surface area contributed by atoms with E-state index in [0.29, 0.717) is 17.5 Å². The van der Waals surface area contributed by atoms with Crippen molar-refractivity contribution in [1.29, 1.82) is 0 Å². The SMILES string of the molecule is Cc1nc2n(n1)[C@@H](c1ccccc1)[C@@H](O)C(c1ccccc1)=N2. The Hall–Kier alpha value is -2.79. The van der Waals surface area contributed by atoms with E-state index >= 15 is 0 Å². The maximum atomic E-state index is 11.0. The number of rotatable bonds is 2. The van der Waals surface area contributed by atoms with Crippen LogP contribution in [0.5, 0.6) is 0 Å². The zero-order valence-corrected chi connectivity index (χ0v) is 12.7. The van der Waals surface area contributed by atoms with Gasteiger partial charge < -0.3 is 5.11 Å². The highest BCUT2D eigenvalue weighted by atomic mass is 16.3. The molecule has 1 N–H and O–H groups in total. The minimum Gasteiger partial charge on any atom is -0.384 e. The minimum atomic E-state index is -0.784. The molecule has 0 aliphatic carbocycles. The molecule has 0 unspecified atom stereocenters. The Kier molecular flexibility index (Phi) is 3.28. The first kappa shape index (κ1) is 13.8. The third kappa shape index (κ3) is 2.35. The summed E-state index contributed by atoms with van der Waals surface area (Å²) >= 11 is 0. The number of aryl methyl sites for hydroxylation is 1. The summed E-state index contributed by atoms with van der Waals surface area (Å²) in [5, 5.41) is 15.4. The molecular weight excluding hydrogens is 288 g/mol. The number of aromatic nitrogens is 3. The lowest BCUT2D eigenvalue weighted by Gasteiger charge is -2.29. The lowest BCUT2D eigenvalue weighted by Crippen LogP contribution is -2.36. The third-order valence-electron chi connectivity index (χ3n) is 3.99. The van der Waals surface area contributed by atoms with Crippen LogP contribution in [0.25, 0.3) is 0 Å². The standard InChI is InChI=1S/C18H16N4O/c1-12-19-18-20-15(13-8-4-2-5-9-13)17(23)16(22(18)21-12)14-10-6-3-7-11-14/h2-11,16-17,23H,1H3/t16-,17-/m0/s1. The van der Waals surface area contributed by atoms with Crippen molar-refractivity contribution in [3.63, 3.8) is 0 Å². The summed E-state index contributed by atoms with van der Waals surface area (Å²) in [6.07, 6.45) is -0.784. The van der Waals surface area contributed by atoms with Crippen molar-refractivity contribution in [2.24, 2.45) is 4.99 Å². The van der Waals surface area contributed by atoms with E-state index in [2.05, 4.69) is 15.1 Å². The summed E-state index contributed by atoms with van der Waals surface area (Å²) in [7, 11) is 0. The predicted molar refractivity (Wildman–Crippen MR) is 88.0 cm³/mol. The van der Waals surface area contributed by atoms with Crippen molar-refractivity contribution in [3.8, 4) is 0 Å². The average Bonchev–Trinajstić information content (AvgIpc) is 2.95. The quantitative estimate of drug-likeness (QED) is 0.791. The van der Waals surface area contributed by atoms with Crippen LogP contribution < -0.4 is 0 Å². The van der Waals surface area contributed by atoms with Crippen LogP contribution in [0.4, 0.5) is 5.95 Å². The van der Waals surface area contributed by atoms with Crippen molar-refractivity contribution in [1.82, 2.24) is 14.8 Å². The minimum absolute atomic E-state index is 0.333. The summed E-state index contributed by atoms with van der Waals surface area (Å²) in [5.74, 6) is 1.17. The van der Waals surface area contributed by atoms with Gasteiger partial charge in [-0.2, -0.15) is 10.1 Å². The maximum absolute atomic E-state index is 11.0. The van der Waals surface area contributed by atoms with Crippen molar-refractivity contribution >= 4 is 11.7 Å². The number of aliphatic imine (C=N–C) groups is 1. The van der Waals surface area contributed by atoms with Gasteiger partial charge in [-0.3, -0.25) is 0 Å². The van der Waals surface area contributed by atoms with Gasteiger partial charge in [0.2, 0.25) is 5.95 Å². The first-order valence-electron chi connectivity index (χ1n) is 7.54. The van der Waals surface area contributed by atoms with Gasteiger partial charge in [-0.25, -0.2) is 9.67 Å². The Labute approximate surface area is 134 Å². The molecule has 0 saturated carbocycles. The molecule has 3 aromatic rings. The fourth-order valence-corrected chi connectivity index (χ4v) is 2.96. The number of aliphatic hydroxyl groups is 1. The van der Waals surface area contributed by atoms with Crippen molar-refractivity contribution in [3.05, 3.63) is 77.6 Å². The van der Waals surface area contributed by atoms with E-state index in [4.69, 9.17) is 0 Å². The molecule has 5 heteroatoms. The largest absolute Gasteiger partial charge is 0.384 e. The van der Waals surface area contributed by atoms with Crippen LogP contribution in [0.1, 0.15) is 23.0 Å². The fraction of sp³-hybridized carbons (Fsp3) is 0.167. The Morgan fingerprint density at radius 2 is 1.61 bits per heavy atom. The molecular formula is C18H16N4O. The van der Waals surface area contributed by atoms with Gasteiger partial charge in [0.15, 0.2) is 0 Å². The van der Waals surface area contributed by atoms with E-state index in [1.54, 1.807) is 4.68 Å². The molecule has 1 aliphatic rings. The molecule has 114 valence electrons. The number of nitrogens with zero attached hydrogens (tertiary/aromatic N) is 4. The van der Waals surface area contributed by atoms with Crippen LogP contribution in [0.15, 0.2) is 65.7 Å². The van der Waals surface area contributed by atoms with Gasteiger partial charge >= 0.3 is 0 Å². The molecule has 1 aromatic heterocycles. The maximum Gasteiger partial charge on any atom is 0.249 e. The van der Waals surface area contributed by atoms with E-state index in [9.17, 15) is 5.11 Å². The summed E-state index contributed by atoms with van der Waals surface area (Å²) in [4.78, 5) is 8.94. The van der Waals surface area contributed by atoms with Crippen LogP contribution in [-0.2, 0) is 0 Å². The molecule has 1 aliphatic heterocycles. The second-order valence-electron chi connectivity index (χ2n) is 5.57. The molecule has 2 heterocycles. The second-order valence-corrected chi connectivity index (χ2v) is 5.57. The Balaban J connectivity index is 1.90. The molecule has 5 nitrogen and oxygen atoms in total. The van der Waals surface area contributed by atoms with E-state index in [-0.39, 0.29) is 6.04 Å². The molecule has 0 spiro atoms. The highest BCUT2D eigenvalue weighted by Crippen LogP contribution is 2.32. The highest BCUT2D eigenvalue weighted by Gasteiger charge is 2.35. The van der Waals surface area contributed by atoms with Crippen molar-refractivity contribution in [2.75, 3.05) is 0 Å². The molecule has 0 radical (unpaired) electrons. The van der Waals surface area contributed by atoms with Gasteiger partial charge in [-0.1, -0.05) is 60.7 Å². The first-order valence-corrected chi connectivity index (χ1v) is 7.54. The smallest absolute Gasteiger partial charge is 0.249 e. The zero-order chi connectivity index (χ0) is 15.8. The number of hydrogen-bond acceptors (Lipinski definition) is 4. The normalized spacial score (nSPS) is 20.0. The van der Waals surface area contributed by atoms with E-state index < -0.39 is 6.10 Å². The van der Waals surface area contributed by atoms with Gasteiger partial charge in [0.1, 0.15) is 18.0 Å². The van der Waals surface area contributed by atoms with Crippen LogP contribution in [0.2, 0.25) is 0 Å². The second kappa shape index (κ2) is 5.44. The molecule has 2 aromatic carbocycles. The van der Waals surface area contributed by atoms with Gasteiger partial charge in [0, 0.05) is 0 Å². The van der Waals surface area contributed by atoms with E-state index in [1.165, 1.54) is 0 Å². The first-order chi connectivity index (χ1) is 11.2. The van der Waals surface area contributed by atoms with Crippen LogP contribution in [-0.4, -0.2) is 31.7 Å². The third-order valence-corrected chi connectivity index (χ3v) is 3.99. The summed E-state index contributed by atoms with van der Waals surface area (Å²) in [6.45, 7) is 1.83.